The molecule has 1 amide bonds. The Labute approximate surface area is 193 Å². The van der Waals surface area contributed by atoms with E-state index in [1.807, 2.05) is 18.2 Å². The number of carbonyl (C=O) groups is 1. The van der Waals surface area contributed by atoms with E-state index in [-0.39, 0.29) is 22.6 Å². The van der Waals surface area contributed by atoms with Crippen LogP contribution >= 0.6 is 11.8 Å². The lowest BCUT2D eigenvalue weighted by Crippen LogP contribution is -2.38. The topological polar surface area (TPSA) is 84.9 Å². The highest BCUT2D eigenvalue weighted by Gasteiger charge is 2.29. The van der Waals surface area contributed by atoms with Crippen LogP contribution in [0, 0.1) is 0 Å². The number of sulfonamides is 1. The van der Waals surface area contributed by atoms with Crippen molar-refractivity contribution in [3.05, 3.63) is 42.5 Å². The SMILES string of the molecule is CN(C1CCCCC1)S(=O)(=O)c1ccc(NC(=O)CSc2ccc3c(c2)OCCO3)cc1. The number of ether oxygens (including phenoxy) is 2. The molecule has 0 unspecified atom stereocenters. The minimum absolute atomic E-state index is 0.0608. The van der Waals surface area contributed by atoms with Crippen LogP contribution in [0.3, 0.4) is 0 Å². The summed E-state index contributed by atoms with van der Waals surface area (Å²) >= 11 is 1.40. The van der Waals surface area contributed by atoms with Gasteiger partial charge in [0.25, 0.3) is 0 Å². The van der Waals surface area contributed by atoms with Crippen LogP contribution in [0.2, 0.25) is 0 Å². The predicted molar refractivity (Wildman–Crippen MR) is 125 cm³/mol. The van der Waals surface area contributed by atoms with Crippen molar-refractivity contribution in [2.45, 2.75) is 47.9 Å². The zero-order chi connectivity index (χ0) is 22.6. The molecule has 172 valence electrons. The van der Waals surface area contributed by atoms with Gasteiger partial charge < -0.3 is 14.8 Å². The summed E-state index contributed by atoms with van der Waals surface area (Å²) in [5, 5.41) is 2.82. The monoisotopic (exact) mass is 476 g/mol. The molecule has 2 aliphatic rings. The van der Waals surface area contributed by atoms with Crippen molar-refractivity contribution in [1.29, 1.82) is 0 Å². The number of nitrogens with zero attached hydrogens (tertiary/aromatic N) is 1. The number of fused-ring (bicyclic) bond motifs is 1. The number of hydrogen-bond donors (Lipinski definition) is 1. The molecule has 2 aromatic carbocycles. The van der Waals surface area contributed by atoms with E-state index < -0.39 is 10.0 Å². The van der Waals surface area contributed by atoms with Gasteiger partial charge in [0.15, 0.2) is 11.5 Å². The second kappa shape index (κ2) is 10.1. The molecule has 1 fully saturated rings. The summed E-state index contributed by atoms with van der Waals surface area (Å²) in [5.41, 5.74) is 0.567. The first-order valence-corrected chi connectivity index (χ1v) is 13.3. The molecular weight excluding hydrogens is 448 g/mol. The number of benzene rings is 2. The molecule has 0 aromatic heterocycles. The fraction of sp³-hybridized carbons (Fsp3) is 0.435. The maximum atomic E-state index is 12.9. The first-order chi connectivity index (χ1) is 15.4. The lowest BCUT2D eigenvalue weighted by Gasteiger charge is -2.30. The van der Waals surface area contributed by atoms with Crippen LogP contribution in [0.15, 0.2) is 52.3 Å². The number of hydrogen-bond acceptors (Lipinski definition) is 6. The van der Waals surface area contributed by atoms with Gasteiger partial charge >= 0.3 is 0 Å². The third-order valence-corrected chi connectivity index (χ3v) is 8.71. The van der Waals surface area contributed by atoms with Gasteiger partial charge in [-0.2, -0.15) is 4.31 Å². The first-order valence-electron chi connectivity index (χ1n) is 10.8. The second-order valence-electron chi connectivity index (χ2n) is 7.98. The molecule has 2 aromatic rings. The molecule has 1 saturated carbocycles. The standard InChI is InChI=1S/C23H28N2O5S2/c1-25(18-5-3-2-4-6-18)32(27,28)20-10-7-17(8-11-20)24-23(26)16-31-19-9-12-21-22(15-19)30-14-13-29-21/h7-12,15,18H,2-6,13-14,16H2,1H3,(H,24,26). The molecule has 0 atom stereocenters. The van der Waals surface area contributed by atoms with E-state index >= 15 is 0 Å². The van der Waals surface area contributed by atoms with Gasteiger partial charge in [0.05, 0.1) is 10.6 Å². The number of nitrogens with one attached hydrogen (secondary N) is 1. The van der Waals surface area contributed by atoms with Gasteiger partial charge in [0.2, 0.25) is 15.9 Å². The third-order valence-electron chi connectivity index (χ3n) is 5.79. The molecule has 0 spiro atoms. The molecule has 1 aliphatic heterocycles. The third kappa shape index (κ3) is 5.39. The summed E-state index contributed by atoms with van der Waals surface area (Å²) in [6, 6.07) is 12.0. The van der Waals surface area contributed by atoms with Crippen LogP contribution in [0.4, 0.5) is 5.69 Å². The van der Waals surface area contributed by atoms with E-state index in [2.05, 4.69) is 5.32 Å². The van der Waals surface area contributed by atoms with Crippen molar-refractivity contribution in [2.24, 2.45) is 0 Å². The highest BCUT2D eigenvalue weighted by molar-refractivity contribution is 8.00. The Morgan fingerprint density at radius 2 is 1.72 bits per heavy atom. The zero-order valence-corrected chi connectivity index (χ0v) is 19.7. The van der Waals surface area contributed by atoms with Crippen molar-refractivity contribution < 1.29 is 22.7 Å². The Morgan fingerprint density at radius 1 is 1.03 bits per heavy atom. The van der Waals surface area contributed by atoms with Crippen LogP contribution in [0.25, 0.3) is 0 Å². The average molecular weight is 477 g/mol. The Morgan fingerprint density at radius 3 is 2.44 bits per heavy atom. The van der Waals surface area contributed by atoms with E-state index in [0.29, 0.717) is 30.4 Å². The first kappa shape index (κ1) is 22.9. The summed E-state index contributed by atoms with van der Waals surface area (Å²) in [4.78, 5) is 13.5. The molecule has 1 heterocycles. The predicted octanol–water partition coefficient (Wildman–Crippen LogP) is 4.14. The molecule has 0 radical (unpaired) electrons. The molecule has 0 saturated heterocycles. The molecule has 0 bridgehead atoms. The Kier molecular flexibility index (Phi) is 7.27. The van der Waals surface area contributed by atoms with Crippen LogP contribution in [-0.2, 0) is 14.8 Å². The van der Waals surface area contributed by atoms with Gasteiger partial charge in [-0.3, -0.25) is 4.79 Å². The maximum Gasteiger partial charge on any atom is 0.243 e. The van der Waals surface area contributed by atoms with Crippen molar-refractivity contribution in [3.8, 4) is 11.5 Å². The second-order valence-corrected chi connectivity index (χ2v) is 11.0. The van der Waals surface area contributed by atoms with Crippen LogP contribution in [-0.4, -0.2) is 50.7 Å². The van der Waals surface area contributed by atoms with Gasteiger partial charge in [-0.15, -0.1) is 11.8 Å². The smallest absolute Gasteiger partial charge is 0.243 e. The number of carbonyl (C=O) groups excluding carboxylic acids is 1. The van der Waals surface area contributed by atoms with E-state index in [9.17, 15) is 13.2 Å². The summed E-state index contributed by atoms with van der Waals surface area (Å²) in [5.74, 6) is 1.47. The van der Waals surface area contributed by atoms with Gasteiger partial charge in [-0.25, -0.2) is 8.42 Å². The Balaban J connectivity index is 1.32. The van der Waals surface area contributed by atoms with Crippen molar-refractivity contribution in [1.82, 2.24) is 4.31 Å². The summed E-state index contributed by atoms with van der Waals surface area (Å²) in [6.07, 6.45) is 5.13. The Bertz CT molecular complexity index is 1050. The molecule has 1 N–H and O–H groups in total. The number of thioether (sulfide) groups is 1. The van der Waals surface area contributed by atoms with Crippen LogP contribution in [0.1, 0.15) is 32.1 Å². The number of rotatable bonds is 7. The van der Waals surface area contributed by atoms with E-state index in [1.54, 1.807) is 31.3 Å². The lowest BCUT2D eigenvalue weighted by molar-refractivity contribution is -0.113. The Hall–Kier alpha value is -2.23. The lowest BCUT2D eigenvalue weighted by atomic mass is 9.96. The average Bonchev–Trinajstić information content (AvgIpc) is 2.83. The zero-order valence-electron chi connectivity index (χ0n) is 18.1. The number of anilines is 1. The van der Waals surface area contributed by atoms with E-state index in [1.165, 1.54) is 22.5 Å². The van der Waals surface area contributed by atoms with Gasteiger partial charge in [-0.05, 0) is 55.3 Å². The molecule has 7 nitrogen and oxygen atoms in total. The highest BCUT2D eigenvalue weighted by Crippen LogP contribution is 2.34. The molecule has 4 rings (SSSR count). The summed E-state index contributed by atoms with van der Waals surface area (Å²) in [6.45, 7) is 1.06. The molecule has 32 heavy (non-hydrogen) atoms. The fourth-order valence-corrected chi connectivity index (χ4v) is 6.12. The number of amides is 1. The van der Waals surface area contributed by atoms with Gasteiger partial charge in [0, 0.05) is 23.7 Å². The minimum atomic E-state index is -3.54. The van der Waals surface area contributed by atoms with Crippen LogP contribution < -0.4 is 14.8 Å². The summed E-state index contributed by atoms with van der Waals surface area (Å²) < 4.78 is 38.5. The van der Waals surface area contributed by atoms with E-state index in [0.717, 1.165) is 30.6 Å². The van der Waals surface area contributed by atoms with Crippen molar-refractivity contribution in [2.75, 3.05) is 31.3 Å². The molecule has 9 heteroatoms. The summed E-state index contributed by atoms with van der Waals surface area (Å²) in [7, 11) is -1.88. The van der Waals surface area contributed by atoms with Gasteiger partial charge in [-0.1, -0.05) is 19.3 Å². The van der Waals surface area contributed by atoms with Crippen molar-refractivity contribution >= 4 is 33.4 Å². The maximum absolute atomic E-state index is 12.9. The normalized spacial score (nSPS) is 16.7. The quantitative estimate of drug-likeness (QED) is 0.605. The largest absolute Gasteiger partial charge is 0.486 e. The van der Waals surface area contributed by atoms with Crippen LogP contribution in [0.5, 0.6) is 11.5 Å². The fourth-order valence-electron chi connectivity index (χ4n) is 3.98. The highest BCUT2D eigenvalue weighted by atomic mass is 32.2. The van der Waals surface area contributed by atoms with Gasteiger partial charge in [0.1, 0.15) is 13.2 Å². The minimum Gasteiger partial charge on any atom is -0.486 e. The molecule has 1 aliphatic carbocycles. The molecular formula is C23H28N2O5S2. The van der Waals surface area contributed by atoms with Crippen molar-refractivity contribution in [3.63, 3.8) is 0 Å². The van der Waals surface area contributed by atoms with E-state index in [4.69, 9.17) is 9.47 Å².